The third-order valence-electron chi connectivity index (χ3n) is 2.74. The summed E-state index contributed by atoms with van der Waals surface area (Å²) in [7, 11) is -3.84. The fourth-order valence-electron chi connectivity index (χ4n) is 1.82. The van der Waals surface area contributed by atoms with Crippen molar-refractivity contribution in [3.05, 3.63) is 29.6 Å². The Hall–Kier alpha value is -1.02. The number of halogens is 1. The van der Waals surface area contributed by atoms with Gasteiger partial charge in [-0.1, -0.05) is 6.07 Å². The highest BCUT2D eigenvalue weighted by Gasteiger charge is 2.25. The van der Waals surface area contributed by atoms with Crippen LogP contribution in [0.1, 0.15) is 12.0 Å². The summed E-state index contributed by atoms with van der Waals surface area (Å²) in [6.45, 7) is 0.351. The molecule has 1 aromatic rings. The molecule has 2 rings (SSSR count). The first-order valence-electron chi connectivity index (χ1n) is 5.52. The zero-order valence-corrected chi connectivity index (χ0v) is 10.4. The fraction of sp³-hybridized carbons (Fsp3) is 0.455. The number of nitrogens with one attached hydrogen (secondary N) is 1. The molecule has 1 heterocycles. The summed E-state index contributed by atoms with van der Waals surface area (Å²) in [4.78, 5) is -0.225. The van der Waals surface area contributed by atoms with E-state index in [9.17, 15) is 12.8 Å². The standard InChI is InChI=1S/C11H14FNO4S/c12-9-2-1-8(6-14)11(5-9)18(15,16)13-10-3-4-17-7-10/h1-2,5,10,13-14H,3-4,6-7H2. The first kappa shape index (κ1) is 13.4. The van der Waals surface area contributed by atoms with Crippen molar-refractivity contribution in [3.8, 4) is 0 Å². The Balaban J connectivity index is 2.30. The lowest BCUT2D eigenvalue weighted by molar-refractivity contribution is 0.192. The van der Waals surface area contributed by atoms with Gasteiger partial charge in [0.25, 0.3) is 0 Å². The SMILES string of the molecule is O=S(=O)(NC1CCOC1)c1cc(F)ccc1CO. The topological polar surface area (TPSA) is 75.6 Å². The van der Waals surface area contributed by atoms with Gasteiger partial charge >= 0.3 is 0 Å². The molecular formula is C11H14FNO4S. The number of hydrogen-bond acceptors (Lipinski definition) is 4. The van der Waals surface area contributed by atoms with Gasteiger partial charge in [-0.25, -0.2) is 17.5 Å². The van der Waals surface area contributed by atoms with E-state index >= 15 is 0 Å². The normalized spacial score (nSPS) is 20.2. The van der Waals surface area contributed by atoms with E-state index in [0.717, 1.165) is 12.1 Å². The lowest BCUT2D eigenvalue weighted by Crippen LogP contribution is -2.35. The molecule has 5 nitrogen and oxygen atoms in total. The van der Waals surface area contributed by atoms with E-state index in [1.165, 1.54) is 6.07 Å². The van der Waals surface area contributed by atoms with E-state index in [1.54, 1.807) is 0 Å². The summed E-state index contributed by atoms with van der Waals surface area (Å²) in [6, 6.07) is 2.98. The average molecular weight is 275 g/mol. The Morgan fingerprint density at radius 2 is 2.28 bits per heavy atom. The third-order valence-corrected chi connectivity index (χ3v) is 4.34. The van der Waals surface area contributed by atoms with Gasteiger partial charge in [0.1, 0.15) is 5.82 Å². The number of hydrogen-bond donors (Lipinski definition) is 2. The van der Waals surface area contributed by atoms with Crippen LogP contribution in [-0.2, 0) is 21.4 Å². The lowest BCUT2D eigenvalue weighted by atomic mass is 10.2. The van der Waals surface area contributed by atoms with Crippen molar-refractivity contribution in [2.75, 3.05) is 13.2 Å². The molecule has 0 saturated carbocycles. The Bertz CT molecular complexity index is 526. The van der Waals surface area contributed by atoms with Crippen molar-refractivity contribution >= 4 is 10.0 Å². The lowest BCUT2D eigenvalue weighted by Gasteiger charge is -2.13. The molecule has 0 bridgehead atoms. The van der Waals surface area contributed by atoms with Crippen LogP contribution in [0.5, 0.6) is 0 Å². The molecule has 1 aromatic carbocycles. The van der Waals surface area contributed by atoms with Crippen LogP contribution in [0.15, 0.2) is 23.1 Å². The minimum absolute atomic E-state index is 0.169. The van der Waals surface area contributed by atoms with Crippen LogP contribution < -0.4 is 4.72 Å². The quantitative estimate of drug-likeness (QED) is 0.833. The molecule has 0 spiro atoms. The molecule has 100 valence electrons. The average Bonchev–Trinajstić information content (AvgIpc) is 2.81. The fourth-order valence-corrected chi connectivity index (χ4v) is 3.32. The van der Waals surface area contributed by atoms with Gasteiger partial charge in [-0.2, -0.15) is 0 Å². The molecule has 18 heavy (non-hydrogen) atoms. The molecule has 1 saturated heterocycles. The van der Waals surface area contributed by atoms with Crippen LogP contribution >= 0.6 is 0 Å². The molecule has 1 aliphatic heterocycles. The first-order valence-corrected chi connectivity index (χ1v) is 7.00. The largest absolute Gasteiger partial charge is 0.392 e. The van der Waals surface area contributed by atoms with Crippen LogP contribution in [0.2, 0.25) is 0 Å². The molecule has 0 amide bonds. The van der Waals surface area contributed by atoms with E-state index in [1.807, 2.05) is 0 Å². The van der Waals surface area contributed by atoms with Crippen molar-refractivity contribution in [2.45, 2.75) is 24.0 Å². The molecular weight excluding hydrogens is 261 g/mol. The molecule has 0 radical (unpaired) electrons. The maximum atomic E-state index is 13.1. The smallest absolute Gasteiger partial charge is 0.241 e. The van der Waals surface area contributed by atoms with Crippen molar-refractivity contribution in [3.63, 3.8) is 0 Å². The van der Waals surface area contributed by atoms with Crippen LogP contribution in [0.3, 0.4) is 0 Å². The second kappa shape index (κ2) is 5.31. The molecule has 1 aliphatic rings. The summed E-state index contributed by atoms with van der Waals surface area (Å²) < 4.78 is 44.8. The zero-order valence-electron chi connectivity index (χ0n) is 9.60. The summed E-state index contributed by atoms with van der Waals surface area (Å²) in [6.07, 6.45) is 0.586. The Kier molecular flexibility index (Phi) is 3.96. The highest BCUT2D eigenvalue weighted by atomic mass is 32.2. The molecule has 7 heteroatoms. The summed E-state index contributed by atoms with van der Waals surface area (Å²) in [5.74, 6) is -0.657. The van der Waals surface area contributed by atoms with Gasteiger partial charge in [0, 0.05) is 12.6 Å². The molecule has 0 aromatic heterocycles. The van der Waals surface area contributed by atoms with Gasteiger partial charge in [-0.15, -0.1) is 0 Å². The van der Waals surface area contributed by atoms with Crippen molar-refractivity contribution < 1.29 is 22.7 Å². The second-order valence-electron chi connectivity index (χ2n) is 4.09. The van der Waals surface area contributed by atoms with E-state index in [4.69, 9.17) is 9.84 Å². The minimum atomic E-state index is -3.84. The van der Waals surface area contributed by atoms with E-state index in [0.29, 0.717) is 19.6 Å². The molecule has 2 N–H and O–H groups in total. The third kappa shape index (κ3) is 2.86. The van der Waals surface area contributed by atoms with Gasteiger partial charge in [0.05, 0.1) is 18.1 Å². The Labute approximate surface area is 105 Å². The maximum Gasteiger partial charge on any atom is 0.241 e. The highest BCUT2D eigenvalue weighted by molar-refractivity contribution is 7.89. The Morgan fingerprint density at radius 1 is 1.50 bits per heavy atom. The predicted molar refractivity (Wildman–Crippen MR) is 61.9 cm³/mol. The number of aliphatic hydroxyl groups is 1. The number of aliphatic hydroxyl groups excluding tert-OH is 1. The second-order valence-corrected chi connectivity index (χ2v) is 5.77. The van der Waals surface area contributed by atoms with Gasteiger partial charge < -0.3 is 9.84 Å². The molecule has 1 fully saturated rings. The summed E-state index contributed by atoms with van der Waals surface area (Å²) in [5, 5.41) is 9.09. The molecule has 1 atom stereocenters. The van der Waals surface area contributed by atoms with E-state index in [2.05, 4.69) is 4.72 Å². The van der Waals surface area contributed by atoms with Crippen LogP contribution in [-0.4, -0.2) is 32.8 Å². The van der Waals surface area contributed by atoms with Gasteiger partial charge in [-0.05, 0) is 24.1 Å². The van der Waals surface area contributed by atoms with Crippen LogP contribution in [0.25, 0.3) is 0 Å². The summed E-state index contributed by atoms with van der Waals surface area (Å²) >= 11 is 0. The van der Waals surface area contributed by atoms with E-state index < -0.39 is 22.4 Å². The van der Waals surface area contributed by atoms with Crippen LogP contribution in [0.4, 0.5) is 4.39 Å². The number of benzene rings is 1. The molecule has 0 aliphatic carbocycles. The van der Waals surface area contributed by atoms with Gasteiger partial charge in [0.2, 0.25) is 10.0 Å². The zero-order chi connectivity index (χ0) is 13.2. The molecule has 1 unspecified atom stereocenters. The Morgan fingerprint density at radius 3 is 2.89 bits per heavy atom. The number of rotatable bonds is 4. The van der Waals surface area contributed by atoms with Crippen LogP contribution in [0, 0.1) is 5.82 Å². The minimum Gasteiger partial charge on any atom is -0.392 e. The number of ether oxygens (including phenoxy) is 1. The predicted octanol–water partition coefficient (Wildman–Crippen LogP) is 0.385. The summed E-state index contributed by atoms with van der Waals surface area (Å²) in [5.41, 5.74) is 0.169. The monoisotopic (exact) mass is 275 g/mol. The van der Waals surface area contributed by atoms with Gasteiger partial charge in [0.15, 0.2) is 0 Å². The van der Waals surface area contributed by atoms with Gasteiger partial charge in [-0.3, -0.25) is 0 Å². The van der Waals surface area contributed by atoms with Crippen molar-refractivity contribution in [2.24, 2.45) is 0 Å². The van der Waals surface area contributed by atoms with Crippen molar-refractivity contribution in [1.29, 1.82) is 0 Å². The van der Waals surface area contributed by atoms with E-state index in [-0.39, 0.29) is 16.5 Å². The maximum absolute atomic E-state index is 13.1. The highest BCUT2D eigenvalue weighted by Crippen LogP contribution is 2.19. The van der Waals surface area contributed by atoms with Crippen molar-refractivity contribution in [1.82, 2.24) is 4.72 Å². The first-order chi connectivity index (χ1) is 8.53. The number of sulfonamides is 1.